The smallest absolute Gasteiger partial charge is 0.246 e. The lowest BCUT2D eigenvalue weighted by Crippen LogP contribution is -2.36. The third-order valence-corrected chi connectivity index (χ3v) is 5.75. The number of ether oxygens (including phenoxy) is 2. The fraction of sp³-hybridized carbons (Fsp3) is 0.458. The van der Waals surface area contributed by atoms with Crippen molar-refractivity contribution >= 4 is 23.0 Å². The maximum atomic E-state index is 12.6. The molecule has 0 bridgehead atoms. The van der Waals surface area contributed by atoms with Crippen LogP contribution in [0, 0.1) is 0 Å². The monoisotopic (exact) mass is 409 g/mol. The molecule has 2 aromatic carbocycles. The summed E-state index contributed by atoms with van der Waals surface area (Å²) in [5, 5.41) is 6.24. The topological polar surface area (TPSA) is 62.8 Å². The first kappa shape index (κ1) is 20.5. The minimum Gasteiger partial charge on any atom is -0.490 e. The van der Waals surface area contributed by atoms with Crippen LogP contribution in [0.4, 0.5) is 17.1 Å². The van der Waals surface area contributed by atoms with Crippen LogP contribution in [0.1, 0.15) is 32.6 Å². The molecule has 1 aliphatic heterocycles. The van der Waals surface area contributed by atoms with E-state index in [0.717, 1.165) is 62.0 Å². The number of nitrogens with zero attached hydrogens (tertiary/aromatic N) is 1. The number of nitrogens with one attached hydrogen (secondary N) is 2. The molecule has 2 aromatic rings. The molecule has 1 unspecified atom stereocenters. The molecule has 6 nitrogen and oxygen atoms in total. The van der Waals surface area contributed by atoms with E-state index in [-0.39, 0.29) is 11.9 Å². The maximum Gasteiger partial charge on any atom is 0.246 e. The quantitative estimate of drug-likeness (QED) is 0.715. The fourth-order valence-corrected chi connectivity index (χ4v) is 3.97. The Morgan fingerprint density at radius 3 is 2.30 bits per heavy atom. The van der Waals surface area contributed by atoms with Gasteiger partial charge in [0.1, 0.15) is 11.8 Å². The first-order valence-electron chi connectivity index (χ1n) is 10.9. The van der Waals surface area contributed by atoms with Crippen LogP contribution in [0.5, 0.6) is 5.75 Å². The lowest BCUT2D eigenvalue weighted by Gasteiger charge is -2.29. The molecule has 1 saturated carbocycles. The van der Waals surface area contributed by atoms with E-state index in [9.17, 15) is 4.79 Å². The van der Waals surface area contributed by atoms with Crippen molar-refractivity contribution in [3.63, 3.8) is 0 Å². The third kappa shape index (κ3) is 5.45. The van der Waals surface area contributed by atoms with Gasteiger partial charge in [0, 0.05) is 30.2 Å². The highest BCUT2D eigenvalue weighted by Gasteiger charge is 2.17. The first-order valence-corrected chi connectivity index (χ1v) is 10.9. The van der Waals surface area contributed by atoms with Gasteiger partial charge in [0.2, 0.25) is 5.91 Å². The summed E-state index contributed by atoms with van der Waals surface area (Å²) in [5.41, 5.74) is 2.85. The number of carbonyl (C=O) groups excluding carboxylic acids is 1. The predicted molar refractivity (Wildman–Crippen MR) is 121 cm³/mol. The second-order valence-electron chi connectivity index (χ2n) is 8.05. The summed E-state index contributed by atoms with van der Waals surface area (Å²) in [7, 11) is 0. The highest BCUT2D eigenvalue weighted by molar-refractivity contribution is 5.96. The lowest BCUT2D eigenvalue weighted by molar-refractivity contribution is -0.116. The number of anilines is 3. The van der Waals surface area contributed by atoms with E-state index < -0.39 is 0 Å². The fourth-order valence-electron chi connectivity index (χ4n) is 3.97. The van der Waals surface area contributed by atoms with E-state index in [1.54, 1.807) is 0 Å². The van der Waals surface area contributed by atoms with E-state index in [4.69, 9.17) is 9.47 Å². The van der Waals surface area contributed by atoms with Gasteiger partial charge in [-0.25, -0.2) is 0 Å². The molecule has 4 rings (SSSR count). The largest absolute Gasteiger partial charge is 0.490 e. The molecule has 1 saturated heterocycles. The number of hydrogen-bond acceptors (Lipinski definition) is 5. The molecular formula is C24H31N3O3. The molecule has 1 heterocycles. The zero-order chi connectivity index (χ0) is 20.8. The van der Waals surface area contributed by atoms with Crippen molar-refractivity contribution < 1.29 is 14.3 Å². The first-order chi connectivity index (χ1) is 14.7. The Morgan fingerprint density at radius 1 is 1.00 bits per heavy atom. The number of amides is 1. The summed E-state index contributed by atoms with van der Waals surface area (Å²) in [4.78, 5) is 14.9. The van der Waals surface area contributed by atoms with Gasteiger partial charge in [-0.05, 0) is 81.1 Å². The second-order valence-corrected chi connectivity index (χ2v) is 8.05. The molecule has 1 amide bonds. The summed E-state index contributed by atoms with van der Waals surface area (Å²) in [6.45, 7) is 5.18. The molecule has 1 atom stereocenters. The summed E-state index contributed by atoms with van der Waals surface area (Å²) in [6.07, 6.45) is 5.15. The van der Waals surface area contributed by atoms with Crippen LogP contribution < -0.4 is 20.3 Å². The summed E-state index contributed by atoms with van der Waals surface area (Å²) >= 11 is 0. The molecule has 2 aliphatic rings. The van der Waals surface area contributed by atoms with Crippen molar-refractivity contribution in [2.45, 2.75) is 44.8 Å². The van der Waals surface area contributed by atoms with Gasteiger partial charge in [0.15, 0.2) is 0 Å². The minimum atomic E-state index is -0.356. The number of morpholine rings is 1. The van der Waals surface area contributed by atoms with Gasteiger partial charge in [-0.3, -0.25) is 4.79 Å². The van der Waals surface area contributed by atoms with E-state index in [1.807, 2.05) is 55.5 Å². The number of rotatable bonds is 7. The van der Waals surface area contributed by atoms with Gasteiger partial charge < -0.3 is 25.0 Å². The zero-order valence-corrected chi connectivity index (χ0v) is 17.6. The van der Waals surface area contributed by atoms with E-state index in [0.29, 0.717) is 6.10 Å². The number of carbonyl (C=O) groups is 1. The van der Waals surface area contributed by atoms with Crippen LogP contribution in [0.2, 0.25) is 0 Å². The molecule has 0 radical (unpaired) electrons. The third-order valence-electron chi connectivity index (χ3n) is 5.75. The van der Waals surface area contributed by atoms with Crippen LogP contribution >= 0.6 is 0 Å². The summed E-state index contributed by atoms with van der Waals surface area (Å²) in [6, 6.07) is 15.5. The van der Waals surface area contributed by atoms with Crippen LogP contribution in [0.3, 0.4) is 0 Å². The Hall–Kier alpha value is -2.73. The number of benzene rings is 2. The van der Waals surface area contributed by atoms with Gasteiger partial charge in [0.05, 0.1) is 19.3 Å². The highest BCUT2D eigenvalue weighted by Crippen LogP contribution is 2.25. The number of hydrogen-bond donors (Lipinski definition) is 2. The average Bonchev–Trinajstić information content (AvgIpc) is 3.29. The summed E-state index contributed by atoms with van der Waals surface area (Å²) < 4.78 is 11.4. The molecule has 0 spiro atoms. The SMILES string of the molecule is CC(Nc1ccc(OC2CCCC2)cc1)C(=O)Nc1ccc(N2CCOCC2)cc1. The summed E-state index contributed by atoms with van der Waals surface area (Å²) in [5.74, 6) is 0.824. The zero-order valence-electron chi connectivity index (χ0n) is 17.6. The van der Waals surface area contributed by atoms with Crippen molar-refractivity contribution in [3.05, 3.63) is 48.5 Å². The Kier molecular flexibility index (Phi) is 6.74. The van der Waals surface area contributed by atoms with E-state index in [1.165, 1.54) is 12.8 Å². The molecule has 2 N–H and O–H groups in total. The molecule has 6 heteroatoms. The molecular weight excluding hydrogens is 378 g/mol. The average molecular weight is 410 g/mol. The molecule has 1 aliphatic carbocycles. The minimum absolute atomic E-state index is 0.0691. The van der Waals surface area contributed by atoms with Crippen molar-refractivity contribution in [1.82, 2.24) is 0 Å². The van der Waals surface area contributed by atoms with E-state index in [2.05, 4.69) is 15.5 Å². The molecule has 30 heavy (non-hydrogen) atoms. The molecule has 0 aromatic heterocycles. The van der Waals surface area contributed by atoms with Gasteiger partial charge >= 0.3 is 0 Å². The van der Waals surface area contributed by atoms with E-state index >= 15 is 0 Å². The lowest BCUT2D eigenvalue weighted by atomic mass is 10.2. The van der Waals surface area contributed by atoms with Crippen LogP contribution in [0.15, 0.2) is 48.5 Å². The van der Waals surface area contributed by atoms with Gasteiger partial charge in [-0.1, -0.05) is 0 Å². The molecule has 160 valence electrons. The van der Waals surface area contributed by atoms with Crippen molar-refractivity contribution in [2.75, 3.05) is 41.8 Å². The van der Waals surface area contributed by atoms with Crippen LogP contribution in [-0.4, -0.2) is 44.4 Å². The predicted octanol–water partition coefficient (Wildman–Crippen LogP) is 4.28. The van der Waals surface area contributed by atoms with Crippen molar-refractivity contribution in [2.24, 2.45) is 0 Å². The van der Waals surface area contributed by atoms with Crippen molar-refractivity contribution in [1.29, 1.82) is 0 Å². The Bertz CT molecular complexity index is 811. The molecule has 2 fully saturated rings. The Morgan fingerprint density at radius 2 is 1.63 bits per heavy atom. The standard InChI is InChI=1S/C24H31N3O3/c1-18(25-19-8-12-23(13-9-19)30-22-4-2-3-5-22)24(28)26-20-6-10-21(11-7-20)27-14-16-29-17-15-27/h6-13,18,22,25H,2-5,14-17H2,1H3,(H,26,28). The van der Waals surface area contributed by atoms with Crippen molar-refractivity contribution in [3.8, 4) is 5.75 Å². The van der Waals surface area contributed by atoms with Crippen LogP contribution in [0.25, 0.3) is 0 Å². The Labute approximate surface area is 178 Å². The van der Waals surface area contributed by atoms with Gasteiger partial charge in [-0.15, -0.1) is 0 Å². The van der Waals surface area contributed by atoms with Gasteiger partial charge in [-0.2, -0.15) is 0 Å². The Balaban J connectivity index is 1.27. The van der Waals surface area contributed by atoms with Gasteiger partial charge in [0.25, 0.3) is 0 Å². The normalized spacial score (nSPS) is 18.1. The maximum absolute atomic E-state index is 12.6. The highest BCUT2D eigenvalue weighted by atomic mass is 16.5. The second kappa shape index (κ2) is 9.85. The van der Waals surface area contributed by atoms with Crippen LogP contribution in [-0.2, 0) is 9.53 Å².